The van der Waals surface area contributed by atoms with Crippen LogP contribution in [0.1, 0.15) is 11.1 Å². The Morgan fingerprint density at radius 3 is 2.20 bits per heavy atom. The minimum absolute atomic E-state index is 0.104. The van der Waals surface area contributed by atoms with Crippen LogP contribution in [0.15, 0.2) is 36.4 Å². The molecule has 0 aromatic heterocycles. The molecular weight excluding hydrogens is 312 g/mol. The molecule has 2 aromatic rings. The summed E-state index contributed by atoms with van der Waals surface area (Å²) in [5.74, 6) is 0.606. The van der Waals surface area contributed by atoms with E-state index in [1.54, 1.807) is 25.1 Å². The fraction of sp³-hybridized carbons (Fsp3) is 0.143. The second kappa shape index (κ2) is 5.54. The van der Waals surface area contributed by atoms with Crippen molar-refractivity contribution in [3.8, 4) is 11.5 Å². The Morgan fingerprint density at radius 1 is 0.950 bits per heavy atom. The van der Waals surface area contributed by atoms with Crippen LogP contribution >= 0.6 is 23.2 Å². The van der Waals surface area contributed by atoms with Gasteiger partial charge in [0.15, 0.2) is 0 Å². The molecule has 0 heterocycles. The second-order valence-electron chi connectivity index (χ2n) is 4.16. The van der Waals surface area contributed by atoms with Gasteiger partial charge in [0, 0.05) is 5.02 Å². The average Bonchev–Trinajstić information content (AvgIpc) is 2.35. The molecule has 0 atom stereocenters. The van der Waals surface area contributed by atoms with E-state index in [-0.39, 0.29) is 10.8 Å². The topological polar surface area (TPSA) is 9.23 Å². The molecule has 0 amide bonds. The Morgan fingerprint density at radius 2 is 1.65 bits per heavy atom. The number of alkyl halides is 3. The Balaban J connectivity index is 2.28. The first kappa shape index (κ1) is 15.0. The van der Waals surface area contributed by atoms with Gasteiger partial charge in [-0.1, -0.05) is 23.2 Å². The molecule has 0 radical (unpaired) electrons. The standard InChI is InChI=1S/C14H9Cl2F3O/c1-8-6-10(3-4-11(8)15)20-13-5-2-9(7-12(13)16)14(17,18)19/h2-7H,1H3. The number of ether oxygens (including phenoxy) is 1. The average molecular weight is 321 g/mol. The van der Waals surface area contributed by atoms with E-state index >= 15 is 0 Å². The summed E-state index contributed by atoms with van der Waals surface area (Å²) in [5.41, 5.74) is -0.0191. The van der Waals surface area contributed by atoms with Crippen LogP contribution in [-0.2, 0) is 6.18 Å². The molecule has 0 bridgehead atoms. The van der Waals surface area contributed by atoms with E-state index in [1.165, 1.54) is 6.07 Å². The molecule has 20 heavy (non-hydrogen) atoms. The van der Waals surface area contributed by atoms with E-state index in [0.717, 1.165) is 17.7 Å². The number of hydrogen-bond acceptors (Lipinski definition) is 1. The van der Waals surface area contributed by atoms with E-state index in [0.29, 0.717) is 10.8 Å². The third-order valence-corrected chi connectivity index (χ3v) is 3.34. The van der Waals surface area contributed by atoms with E-state index in [4.69, 9.17) is 27.9 Å². The summed E-state index contributed by atoms with van der Waals surface area (Å²) in [6, 6.07) is 7.88. The van der Waals surface area contributed by atoms with Gasteiger partial charge in [-0.15, -0.1) is 0 Å². The molecule has 0 fully saturated rings. The third-order valence-electron chi connectivity index (χ3n) is 2.62. The molecule has 0 unspecified atom stereocenters. The summed E-state index contributed by atoms with van der Waals surface area (Å²) in [4.78, 5) is 0. The number of aryl methyl sites for hydroxylation is 1. The minimum atomic E-state index is -4.43. The molecule has 0 spiro atoms. The molecule has 2 aromatic carbocycles. The van der Waals surface area contributed by atoms with Crippen LogP contribution in [-0.4, -0.2) is 0 Å². The van der Waals surface area contributed by atoms with Crippen LogP contribution < -0.4 is 4.74 Å². The van der Waals surface area contributed by atoms with Gasteiger partial charge in [0.1, 0.15) is 11.5 Å². The number of halogens is 5. The largest absolute Gasteiger partial charge is 0.456 e. The monoisotopic (exact) mass is 320 g/mol. The van der Waals surface area contributed by atoms with Crippen molar-refractivity contribution in [2.75, 3.05) is 0 Å². The summed E-state index contributed by atoms with van der Waals surface area (Å²) in [6.07, 6.45) is -4.43. The summed E-state index contributed by atoms with van der Waals surface area (Å²) in [7, 11) is 0. The fourth-order valence-corrected chi connectivity index (χ4v) is 1.90. The van der Waals surface area contributed by atoms with Crippen molar-refractivity contribution in [2.24, 2.45) is 0 Å². The predicted molar refractivity (Wildman–Crippen MR) is 72.7 cm³/mol. The lowest BCUT2D eigenvalue weighted by Crippen LogP contribution is -2.04. The fourth-order valence-electron chi connectivity index (χ4n) is 1.57. The van der Waals surface area contributed by atoms with Crippen molar-refractivity contribution in [3.05, 3.63) is 57.6 Å². The lowest BCUT2D eigenvalue weighted by atomic mass is 10.2. The number of benzene rings is 2. The van der Waals surface area contributed by atoms with Crippen molar-refractivity contribution >= 4 is 23.2 Å². The van der Waals surface area contributed by atoms with Crippen molar-refractivity contribution in [3.63, 3.8) is 0 Å². The van der Waals surface area contributed by atoms with Crippen LogP contribution in [0.2, 0.25) is 10.0 Å². The van der Waals surface area contributed by atoms with Crippen molar-refractivity contribution in [2.45, 2.75) is 13.1 Å². The molecule has 0 aliphatic carbocycles. The first-order valence-corrected chi connectivity index (χ1v) is 6.34. The Hall–Kier alpha value is -1.39. The summed E-state index contributed by atoms with van der Waals surface area (Å²) in [6.45, 7) is 1.80. The predicted octanol–water partition coefficient (Wildman–Crippen LogP) is 6.11. The SMILES string of the molecule is Cc1cc(Oc2ccc(C(F)(F)F)cc2Cl)ccc1Cl. The molecule has 106 valence electrons. The van der Waals surface area contributed by atoms with Gasteiger partial charge in [0.2, 0.25) is 0 Å². The van der Waals surface area contributed by atoms with E-state index in [1.807, 2.05) is 0 Å². The molecule has 0 saturated heterocycles. The second-order valence-corrected chi connectivity index (χ2v) is 4.97. The van der Waals surface area contributed by atoms with E-state index < -0.39 is 11.7 Å². The molecule has 0 N–H and O–H groups in total. The zero-order valence-corrected chi connectivity index (χ0v) is 11.8. The molecule has 2 rings (SSSR count). The smallest absolute Gasteiger partial charge is 0.416 e. The van der Waals surface area contributed by atoms with Crippen LogP contribution in [0, 0.1) is 6.92 Å². The van der Waals surface area contributed by atoms with Gasteiger partial charge in [0.05, 0.1) is 10.6 Å². The number of rotatable bonds is 2. The first-order chi connectivity index (χ1) is 9.27. The van der Waals surface area contributed by atoms with Crippen molar-refractivity contribution < 1.29 is 17.9 Å². The quantitative estimate of drug-likeness (QED) is 0.648. The summed E-state index contributed by atoms with van der Waals surface area (Å²) >= 11 is 11.7. The zero-order chi connectivity index (χ0) is 14.9. The molecule has 1 nitrogen and oxygen atoms in total. The van der Waals surface area contributed by atoms with E-state index in [9.17, 15) is 13.2 Å². The molecular formula is C14H9Cl2F3O. The highest BCUT2D eigenvalue weighted by Crippen LogP contribution is 2.36. The van der Waals surface area contributed by atoms with Gasteiger partial charge < -0.3 is 4.74 Å². The maximum Gasteiger partial charge on any atom is 0.416 e. The summed E-state index contributed by atoms with van der Waals surface area (Å²) in [5, 5.41) is 0.475. The van der Waals surface area contributed by atoms with Gasteiger partial charge in [-0.25, -0.2) is 0 Å². The lowest BCUT2D eigenvalue weighted by molar-refractivity contribution is -0.137. The van der Waals surface area contributed by atoms with Crippen LogP contribution in [0.4, 0.5) is 13.2 Å². The van der Waals surface area contributed by atoms with Crippen LogP contribution in [0.5, 0.6) is 11.5 Å². The highest BCUT2D eigenvalue weighted by Gasteiger charge is 2.31. The lowest BCUT2D eigenvalue weighted by Gasteiger charge is -2.11. The molecule has 0 aliphatic rings. The van der Waals surface area contributed by atoms with Gasteiger partial charge in [-0.2, -0.15) is 13.2 Å². The summed E-state index contributed by atoms with van der Waals surface area (Å²) < 4.78 is 43.0. The van der Waals surface area contributed by atoms with Crippen LogP contribution in [0.25, 0.3) is 0 Å². The Bertz CT molecular complexity index is 639. The van der Waals surface area contributed by atoms with E-state index in [2.05, 4.69) is 0 Å². The highest BCUT2D eigenvalue weighted by molar-refractivity contribution is 6.32. The maximum absolute atomic E-state index is 12.5. The highest BCUT2D eigenvalue weighted by atomic mass is 35.5. The molecule has 0 aliphatic heterocycles. The Kier molecular flexibility index (Phi) is 4.16. The minimum Gasteiger partial charge on any atom is -0.456 e. The van der Waals surface area contributed by atoms with Crippen molar-refractivity contribution in [1.82, 2.24) is 0 Å². The van der Waals surface area contributed by atoms with Gasteiger partial charge >= 0.3 is 6.18 Å². The Labute approximate surface area is 123 Å². The first-order valence-electron chi connectivity index (χ1n) is 5.58. The van der Waals surface area contributed by atoms with Crippen LogP contribution in [0.3, 0.4) is 0 Å². The maximum atomic E-state index is 12.5. The van der Waals surface area contributed by atoms with Gasteiger partial charge in [-0.3, -0.25) is 0 Å². The molecule has 6 heteroatoms. The molecule has 0 saturated carbocycles. The zero-order valence-electron chi connectivity index (χ0n) is 10.3. The normalized spacial score (nSPS) is 11.5. The van der Waals surface area contributed by atoms with Crippen molar-refractivity contribution in [1.29, 1.82) is 0 Å². The van der Waals surface area contributed by atoms with Gasteiger partial charge in [-0.05, 0) is 48.9 Å². The van der Waals surface area contributed by atoms with Gasteiger partial charge in [0.25, 0.3) is 0 Å². The number of hydrogen-bond donors (Lipinski definition) is 0. The third kappa shape index (κ3) is 3.38.